The Morgan fingerprint density at radius 3 is 2.59 bits per heavy atom. The van der Waals surface area contributed by atoms with Crippen LogP contribution in [-0.4, -0.2) is 11.8 Å². The van der Waals surface area contributed by atoms with Crippen LogP contribution >= 0.6 is 11.6 Å². The third-order valence-corrected chi connectivity index (χ3v) is 4.28. The Bertz CT molecular complexity index is 401. The summed E-state index contributed by atoms with van der Waals surface area (Å²) in [5, 5.41) is 11.0. The summed E-state index contributed by atoms with van der Waals surface area (Å²) in [6, 6.07) is 6.17. The molecule has 0 aromatic heterocycles. The predicted octanol–water partition coefficient (Wildman–Crippen LogP) is 3.45. The molecule has 1 nitrogen and oxygen atoms in total. The average molecular weight is 251 g/mol. The van der Waals surface area contributed by atoms with Crippen molar-refractivity contribution in [2.45, 2.75) is 51.4 Å². The molecule has 1 aliphatic rings. The van der Waals surface area contributed by atoms with Gasteiger partial charge in [-0.15, -0.1) is 0 Å². The summed E-state index contributed by atoms with van der Waals surface area (Å²) >= 11 is 6.31. The first kappa shape index (κ1) is 13.0. The Morgan fingerprint density at radius 1 is 1.41 bits per heavy atom. The first-order valence-electron chi connectivity index (χ1n) is 6.59. The van der Waals surface area contributed by atoms with Crippen LogP contribution in [0, 0.1) is 0 Å². The second-order valence-electron chi connectivity index (χ2n) is 5.31. The van der Waals surface area contributed by atoms with E-state index in [0.29, 0.717) is 6.71 Å². The quantitative estimate of drug-likeness (QED) is 0.812. The first-order valence-corrected chi connectivity index (χ1v) is 6.97. The summed E-state index contributed by atoms with van der Waals surface area (Å²) in [5.74, 6) is 0. The SMILES string of the molecule is CCCB(C)c1ccc(C2(O)CCC2)c(Cl)c1. The zero-order chi connectivity index (χ0) is 12.5. The van der Waals surface area contributed by atoms with Gasteiger partial charge in [-0.3, -0.25) is 0 Å². The van der Waals surface area contributed by atoms with Gasteiger partial charge in [0.25, 0.3) is 0 Å². The highest BCUT2D eigenvalue weighted by atomic mass is 35.5. The molecule has 0 unspecified atom stereocenters. The molecule has 0 atom stereocenters. The molecule has 1 aromatic carbocycles. The van der Waals surface area contributed by atoms with Crippen LogP contribution in [0.25, 0.3) is 0 Å². The second kappa shape index (κ2) is 5.03. The lowest BCUT2D eigenvalue weighted by molar-refractivity contribution is -0.0386. The number of aliphatic hydroxyl groups is 1. The summed E-state index contributed by atoms with van der Waals surface area (Å²) in [4.78, 5) is 0. The van der Waals surface area contributed by atoms with Crippen molar-refractivity contribution in [3.63, 3.8) is 0 Å². The van der Waals surface area contributed by atoms with Gasteiger partial charge in [0, 0.05) is 10.6 Å². The molecule has 2 rings (SSSR count). The zero-order valence-corrected chi connectivity index (χ0v) is 11.4. The first-order chi connectivity index (χ1) is 8.07. The van der Waals surface area contributed by atoms with Crippen molar-refractivity contribution in [1.29, 1.82) is 0 Å². The van der Waals surface area contributed by atoms with E-state index >= 15 is 0 Å². The van der Waals surface area contributed by atoms with Crippen molar-refractivity contribution in [1.82, 2.24) is 0 Å². The molecular formula is C14H20BClO. The van der Waals surface area contributed by atoms with Crippen LogP contribution in [0.2, 0.25) is 18.2 Å². The van der Waals surface area contributed by atoms with E-state index in [1.807, 2.05) is 12.1 Å². The number of hydrogen-bond donors (Lipinski definition) is 1. The fourth-order valence-corrected chi connectivity index (χ4v) is 2.96. The topological polar surface area (TPSA) is 20.2 Å². The van der Waals surface area contributed by atoms with Crippen LogP contribution in [0.3, 0.4) is 0 Å². The van der Waals surface area contributed by atoms with Gasteiger partial charge >= 0.3 is 0 Å². The van der Waals surface area contributed by atoms with E-state index in [4.69, 9.17) is 11.6 Å². The van der Waals surface area contributed by atoms with Gasteiger partial charge in [0.2, 0.25) is 0 Å². The Hall–Kier alpha value is -0.465. The molecule has 0 saturated heterocycles. The van der Waals surface area contributed by atoms with Crippen LogP contribution in [0.5, 0.6) is 0 Å². The van der Waals surface area contributed by atoms with E-state index in [1.54, 1.807) is 0 Å². The third kappa shape index (κ3) is 2.53. The fourth-order valence-electron chi connectivity index (χ4n) is 2.60. The van der Waals surface area contributed by atoms with E-state index in [9.17, 15) is 5.11 Å². The lowest BCUT2D eigenvalue weighted by Crippen LogP contribution is -2.35. The van der Waals surface area contributed by atoms with E-state index < -0.39 is 5.60 Å². The molecule has 0 amide bonds. The summed E-state index contributed by atoms with van der Waals surface area (Å²) in [6.07, 6.45) is 5.15. The monoisotopic (exact) mass is 250 g/mol. The standard InChI is InChI=1S/C14H20BClO/c1-3-9-15(2)11-5-6-12(13(16)10-11)14(17)7-4-8-14/h5-6,10,17H,3-4,7-9H2,1-2H3. The minimum Gasteiger partial charge on any atom is -0.385 e. The normalized spacial score (nSPS) is 17.6. The maximum Gasteiger partial charge on any atom is 0.172 e. The van der Waals surface area contributed by atoms with Crippen molar-refractivity contribution in [3.05, 3.63) is 28.8 Å². The largest absolute Gasteiger partial charge is 0.385 e. The summed E-state index contributed by atoms with van der Waals surface area (Å²) < 4.78 is 0. The van der Waals surface area contributed by atoms with Crippen molar-refractivity contribution < 1.29 is 5.11 Å². The molecule has 0 bridgehead atoms. The molecule has 1 aromatic rings. The Morgan fingerprint density at radius 2 is 2.12 bits per heavy atom. The maximum atomic E-state index is 10.3. The number of halogens is 1. The summed E-state index contributed by atoms with van der Waals surface area (Å²) in [7, 11) is 0. The van der Waals surface area contributed by atoms with Gasteiger partial charge in [-0.2, -0.15) is 0 Å². The predicted molar refractivity (Wildman–Crippen MR) is 75.5 cm³/mol. The van der Waals surface area contributed by atoms with Crippen molar-refractivity contribution in [2.75, 3.05) is 0 Å². The third-order valence-electron chi connectivity index (χ3n) is 3.97. The fraction of sp³-hybridized carbons (Fsp3) is 0.571. The molecule has 0 spiro atoms. The highest BCUT2D eigenvalue weighted by Gasteiger charge is 2.37. The summed E-state index contributed by atoms with van der Waals surface area (Å²) in [6.45, 7) is 4.97. The Balaban J connectivity index is 2.22. The number of hydrogen-bond acceptors (Lipinski definition) is 1. The molecule has 92 valence electrons. The lowest BCUT2D eigenvalue weighted by atomic mass is 9.44. The van der Waals surface area contributed by atoms with Crippen LogP contribution in [0.4, 0.5) is 0 Å². The van der Waals surface area contributed by atoms with Crippen LogP contribution < -0.4 is 5.46 Å². The van der Waals surface area contributed by atoms with Crippen LogP contribution in [-0.2, 0) is 5.60 Å². The minimum absolute atomic E-state index is 0.544. The Kier molecular flexibility index (Phi) is 3.84. The van der Waals surface area contributed by atoms with Crippen molar-refractivity contribution in [3.8, 4) is 0 Å². The highest BCUT2D eigenvalue weighted by molar-refractivity contribution is 6.72. The van der Waals surface area contributed by atoms with E-state index in [1.165, 1.54) is 18.2 Å². The smallest absolute Gasteiger partial charge is 0.172 e. The van der Waals surface area contributed by atoms with Crippen molar-refractivity contribution >= 4 is 23.8 Å². The van der Waals surface area contributed by atoms with Crippen LogP contribution in [0.1, 0.15) is 38.2 Å². The Labute approximate surface area is 109 Å². The highest BCUT2D eigenvalue weighted by Crippen LogP contribution is 2.43. The van der Waals surface area contributed by atoms with Gasteiger partial charge < -0.3 is 5.11 Å². The number of benzene rings is 1. The average Bonchev–Trinajstić information content (AvgIpc) is 2.26. The molecule has 0 radical (unpaired) electrons. The minimum atomic E-state index is -0.649. The van der Waals surface area contributed by atoms with Crippen molar-refractivity contribution in [2.24, 2.45) is 0 Å². The number of rotatable bonds is 4. The molecule has 1 N–H and O–H groups in total. The maximum absolute atomic E-state index is 10.3. The summed E-state index contributed by atoms with van der Waals surface area (Å²) in [5.41, 5.74) is 1.55. The van der Waals surface area contributed by atoms with E-state index in [2.05, 4.69) is 19.8 Å². The molecule has 1 fully saturated rings. The van der Waals surface area contributed by atoms with Gasteiger partial charge in [0.1, 0.15) is 0 Å². The van der Waals surface area contributed by atoms with Gasteiger partial charge in [0.05, 0.1) is 5.60 Å². The zero-order valence-electron chi connectivity index (χ0n) is 10.7. The van der Waals surface area contributed by atoms with Crippen LogP contribution in [0.15, 0.2) is 18.2 Å². The lowest BCUT2D eigenvalue weighted by Gasteiger charge is -2.37. The molecule has 17 heavy (non-hydrogen) atoms. The van der Waals surface area contributed by atoms with Gasteiger partial charge in [-0.1, -0.05) is 55.7 Å². The molecule has 3 heteroatoms. The van der Waals surface area contributed by atoms with Gasteiger partial charge in [-0.05, 0) is 25.3 Å². The van der Waals surface area contributed by atoms with E-state index in [0.717, 1.165) is 29.8 Å². The molecule has 1 aliphatic carbocycles. The molecule has 0 aliphatic heterocycles. The van der Waals surface area contributed by atoms with E-state index in [-0.39, 0.29) is 0 Å². The molecule has 0 heterocycles. The molecule has 1 saturated carbocycles. The van der Waals surface area contributed by atoms with Gasteiger partial charge in [0.15, 0.2) is 6.71 Å². The second-order valence-corrected chi connectivity index (χ2v) is 5.72. The van der Waals surface area contributed by atoms with Gasteiger partial charge in [-0.25, -0.2) is 0 Å². The molecular weight excluding hydrogens is 230 g/mol.